The van der Waals surface area contributed by atoms with Gasteiger partial charge in [0.05, 0.1) is 7.11 Å². The molecule has 3 nitrogen and oxygen atoms in total. The highest BCUT2D eigenvalue weighted by atomic mass is 19.1. The van der Waals surface area contributed by atoms with Crippen molar-refractivity contribution < 1.29 is 9.13 Å². The Bertz CT molecular complexity index is 417. The zero-order valence-corrected chi connectivity index (χ0v) is 11.7. The van der Waals surface area contributed by atoms with Crippen molar-refractivity contribution >= 4 is 0 Å². The molecule has 0 heterocycles. The molecule has 2 rings (SSSR count). The molecule has 1 aromatic carbocycles. The summed E-state index contributed by atoms with van der Waals surface area (Å²) in [6.45, 7) is 2.00. The van der Waals surface area contributed by atoms with Gasteiger partial charge in [0.15, 0.2) is 0 Å². The topological polar surface area (TPSA) is 47.3 Å². The molecule has 1 atom stereocenters. The van der Waals surface area contributed by atoms with Crippen molar-refractivity contribution in [2.75, 3.05) is 7.11 Å². The monoisotopic (exact) mass is 266 g/mol. The smallest absolute Gasteiger partial charge is 0.131 e. The summed E-state index contributed by atoms with van der Waals surface area (Å²) in [5.74, 6) is 0.337. The Morgan fingerprint density at radius 2 is 2.00 bits per heavy atom. The Labute approximate surface area is 114 Å². The van der Waals surface area contributed by atoms with Crippen LogP contribution in [0, 0.1) is 5.82 Å². The molecule has 1 aromatic rings. The molecule has 106 valence electrons. The van der Waals surface area contributed by atoms with E-state index in [0.717, 1.165) is 25.7 Å². The lowest BCUT2D eigenvalue weighted by molar-refractivity contribution is 0.319. The molecule has 0 amide bonds. The molecule has 1 fully saturated rings. The van der Waals surface area contributed by atoms with Crippen LogP contribution in [0.2, 0.25) is 0 Å². The highest BCUT2D eigenvalue weighted by molar-refractivity contribution is 5.30. The molecule has 0 aliphatic heterocycles. The van der Waals surface area contributed by atoms with Crippen LogP contribution < -0.4 is 15.8 Å². The maximum atomic E-state index is 14.0. The van der Waals surface area contributed by atoms with Crippen LogP contribution >= 0.6 is 0 Å². The van der Waals surface area contributed by atoms with Crippen molar-refractivity contribution in [3.63, 3.8) is 0 Å². The lowest BCUT2D eigenvalue weighted by atomic mass is 9.91. The zero-order chi connectivity index (χ0) is 13.8. The van der Waals surface area contributed by atoms with Gasteiger partial charge in [0.2, 0.25) is 0 Å². The molecule has 0 saturated heterocycles. The quantitative estimate of drug-likeness (QED) is 0.881. The lowest BCUT2D eigenvalue weighted by Crippen LogP contribution is -2.38. The summed E-state index contributed by atoms with van der Waals surface area (Å²) < 4.78 is 19.0. The minimum absolute atomic E-state index is 0.00484. The minimum atomic E-state index is -0.216. The number of halogens is 1. The molecule has 0 aromatic heterocycles. The van der Waals surface area contributed by atoms with Gasteiger partial charge in [0, 0.05) is 29.8 Å². The summed E-state index contributed by atoms with van der Waals surface area (Å²) in [5.41, 5.74) is 6.58. The van der Waals surface area contributed by atoms with Crippen molar-refractivity contribution in [3.8, 4) is 5.75 Å². The Hall–Kier alpha value is -1.13. The fourth-order valence-corrected chi connectivity index (χ4v) is 2.72. The highest BCUT2D eigenvalue weighted by Gasteiger charge is 2.21. The van der Waals surface area contributed by atoms with E-state index in [0.29, 0.717) is 23.4 Å². The second-order valence-corrected chi connectivity index (χ2v) is 5.39. The Morgan fingerprint density at radius 1 is 1.32 bits per heavy atom. The zero-order valence-electron chi connectivity index (χ0n) is 11.7. The normalized spacial score (nSPS) is 25.1. The Balaban J connectivity index is 1.97. The first-order valence-electron chi connectivity index (χ1n) is 6.95. The van der Waals surface area contributed by atoms with Gasteiger partial charge in [-0.15, -0.1) is 0 Å². The van der Waals surface area contributed by atoms with Gasteiger partial charge in [0.25, 0.3) is 0 Å². The third kappa shape index (κ3) is 3.67. The van der Waals surface area contributed by atoms with Crippen LogP contribution in [0.15, 0.2) is 18.2 Å². The summed E-state index contributed by atoms with van der Waals surface area (Å²) in [7, 11) is 1.54. The van der Waals surface area contributed by atoms with E-state index in [4.69, 9.17) is 10.5 Å². The standard InChI is InChI=1S/C15H23FN2O/c1-10(18-12-5-3-11(17)4-6-12)14-8-7-13(19-2)9-15(14)16/h7-12,18H,3-6,17H2,1-2H3. The number of ether oxygens (including phenoxy) is 1. The molecular formula is C15H23FN2O. The number of hydrogen-bond donors (Lipinski definition) is 2. The second kappa shape index (κ2) is 6.35. The van der Waals surface area contributed by atoms with Crippen LogP contribution in [0.25, 0.3) is 0 Å². The van der Waals surface area contributed by atoms with E-state index >= 15 is 0 Å². The van der Waals surface area contributed by atoms with E-state index in [2.05, 4.69) is 5.32 Å². The van der Waals surface area contributed by atoms with Crippen LogP contribution in [0.3, 0.4) is 0 Å². The number of rotatable bonds is 4. The van der Waals surface area contributed by atoms with Gasteiger partial charge >= 0.3 is 0 Å². The fraction of sp³-hybridized carbons (Fsp3) is 0.600. The van der Waals surface area contributed by atoms with Crippen molar-refractivity contribution in [1.82, 2.24) is 5.32 Å². The third-order valence-corrected chi connectivity index (χ3v) is 3.93. The van der Waals surface area contributed by atoms with Gasteiger partial charge in [-0.2, -0.15) is 0 Å². The predicted octanol–water partition coefficient (Wildman–Crippen LogP) is 2.75. The number of nitrogens with one attached hydrogen (secondary N) is 1. The lowest BCUT2D eigenvalue weighted by Gasteiger charge is -2.29. The molecule has 1 aliphatic carbocycles. The van der Waals surface area contributed by atoms with E-state index in [1.165, 1.54) is 6.07 Å². The van der Waals surface area contributed by atoms with E-state index in [1.54, 1.807) is 19.2 Å². The maximum absolute atomic E-state index is 14.0. The Kier molecular flexibility index (Phi) is 4.77. The van der Waals surface area contributed by atoms with Crippen LogP contribution in [-0.2, 0) is 0 Å². The van der Waals surface area contributed by atoms with Crippen molar-refractivity contribution in [1.29, 1.82) is 0 Å². The first-order valence-corrected chi connectivity index (χ1v) is 6.95. The number of hydrogen-bond acceptors (Lipinski definition) is 3. The van der Waals surface area contributed by atoms with Gasteiger partial charge < -0.3 is 15.8 Å². The second-order valence-electron chi connectivity index (χ2n) is 5.39. The summed E-state index contributed by atoms with van der Waals surface area (Å²) >= 11 is 0. The molecule has 4 heteroatoms. The van der Waals surface area contributed by atoms with Crippen LogP contribution in [-0.4, -0.2) is 19.2 Å². The summed E-state index contributed by atoms with van der Waals surface area (Å²) in [6.07, 6.45) is 4.25. The van der Waals surface area contributed by atoms with Crippen molar-refractivity contribution in [2.24, 2.45) is 5.73 Å². The predicted molar refractivity (Wildman–Crippen MR) is 74.7 cm³/mol. The van der Waals surface area contributed by atoms with Crippen LogP contribution in [0.5, 0.6) is 5.75 Å². The number of nitrogens with two attached hydrogens (primary N) is 1. The van der Waals surface area contributed by atoms with Gasteiger partial charge in [-0.3, -0.25) is 0 Å². The molecule has 1 unspecified atom stereocenters. The molecule has 1 aliphatic rings. The maximum Gasteiger partial charge on any atom is 0.131 e. The number of benzene rings is 1. The number of methoxy groups -OCH3 is 1. The molecule has 0 radical (unpaired) electrons. The van der Waals surface area contributed by atoms with Gasteiger partial charge in [-0.25, -0.2) is 4.39 Å². The SMILES string of the molecule is COc1ccc(C(C)NC2CCC(N)CC2)c(F)c1. The average Bonchev–Trinajstić information content (AvgIpc) is 2.41. The summed E-state index contributed by atoms with van der Waals surface area (Å²) in [6, 6.07) is 5.81. The van der Waals surface area contributed by atoms with Crippen molar-refractivity contribution in [3.05, 3.63) is 29.6 Å². The molecule has 0 bridgehead atoms. The first kappa shape index (κ1) is 14.3. The molecular weight excluding hydrogens is 243 g/mol. The first-order chi connectivity index (χ1) is 9.10. The van der Waals surface area contributed by atoms with E-state index in [9.17, 15) is 4.39 Å². The summed E-state index contributed by atoms with van der Waals surface area (Å²) in [5, 5.41) is 3.50. The average molecular weight is 266 g/mol. The molecule has 19 heavy (non-hydrogen) atoms. The fourth-order valence-electron chi connectivity index (χ4n) is 2.72. The van der Waals surface area contributed by atoms with Crippen LogP contribution in [0.4, 0.5) is 4.39 Å². The Morgan fingerprint density at radius 3 is 2.58 bits per heavy atom. The van der Waals surface area contributed by atoms with E-state index in [1.807, 2.05) is 6.92 Å². The van der Waals surface area contributed by atoms with E-state index in [-0.39, 0.29) is 11.9 Å². The van der Waals surface area contributed by atoms with Crippen molar-refractivity contribution in [2.45, 2.75) is 50.7 Å². The minimum Gasteiger partial charge on any atom is -0.497 e. The largest absolute Gasteiger partial charge is 0.497 e. The van der Waals surface area contributed by atoms with Gasteiger partial charge in [0.1, 0.15) is 11.6 Å². The van der Waals surface area contributed by atoms with Gasteiger partial charge in [-0.05, 0) is 38.7 Å². The van der Waals surface area contributed by atoms with Gasteiger partial charge in [-0.1, -0.05) is 6.07 Å². The highest BCUT2D eigenvalue weighted by Crippen LogP contribution is 2.24. The summed E-state index contributed by atoms with van der Waals surface area (Å²) in [4.78, 5) is 0. The van der Waals surface area contributed by atoms with E-state index < -0.39 is 0 Å². The molecule has 3 N–H and O–H groups in total. The third-order valence-electron chi connectivity index (χ3n) is 3.93. The van der Waals surface area contributed by atoms with Crippen LogP contribution in [0.1, 0.15) is 44.2 Å². The molecule has 0 spiro atoms. The molecule has 1 saturated carbocycles.